The largest absolute Gasteiger partial charge is 0.296 e. The van der Waals surface area contributed by atoms with Crippen LogP contribution in [0.1, 0.15) is 19.4 Å². The first kappa shape index (κ1) is 22.8. The molecule has 2 rings (SSSR count). The zero-order chi connectivity index (χ0) is 22.1. The SMILES string of the molecule is CCN1C(=O)C(N=Nc2cc(C)ccc2S(=O)(=O)O)=C(C)C(CS(=O)(=O)O)C1=O. The first-order valence-electron chi connectivity index (χ1n) is 8.27. The molecule has 158 valence electrons. The van der Waals surface area contributed by atoms with Crippen molar-refractivity contribution in [2.45, 2.75) is 25.7 Å². The van der Waals surface area contributed by atoms with Gasteiger partial charge in [-0.05, 0) is 44.0 Å². The van der Waals surface area contributed by atoms with E-state index in [1.165, 1.54) is 26.0 Å². The molecule has 0 aromatic heterocycles. The van der Waals surface area contributed by atoms with Crippen LogP contribution in [-0.4, -0.2) is 55.0 Å². The van der Waals surface area contributed by atoms with Crippen LogP contribution in [0.4, 0.5) is 5.69 Å². The Balaban J connectivity index is 2.61. The van der Waals surface area contributed by atoms with Gasteiger partial charge in [-0.2, -0.15) is 16.8 Å². The van der Waals surface area contributed by atoms with Crippen LogP contribution in [0.3, 0.4) is 0 Å². The van der Waals surface area contributed by atoms with Crippen LogP contribution >= 0.6 is 0 Å². The van der Waals surface area contributed by atoms with E-state index in [-0.39, 0.29) is 23.5 Å². The Morgan fingerprint density at radius 3 is 2.21 bits per heavy atom. The second-order valence-electron chi connectivity index (χ2n) is 6.37. The van der Waals surface area contributed by atoms with Gasteiger partial charge < -0.3 is 0 Å². The topological polar surface area (TPSA) is 171 Å². The molecule has 0 aliphatic carbocycles. The summed E-state index contributed by atoms with van der Waals surface area (Å²) in [6, 6.07) is 3.86. The van der Waals surface area contributed by atoms with E-state index in [1.807, 2.05) is 0 Å². The molecule has 0 radical (unpaired) electrons. The normalized spacial score (nSPS) is 18.8. The number of carbonyl (C=O) groups is 2. The number of carbonyl (C=O) groups excluding carboxylic acids is 2. The van der Waals surface area contributed by atoms with Gasteiger partial charge in [0.25, 0.3) is 26.1 Å². The highest BCUT2D eigenvalue weighted by Crippen LogP contribution is 2.31. The van der Waals surface area contributed by atoms with Gasteiger partial charge in [0.1, 0.15) is 10.6 Å². The van der Waals surface area contributed by atoms with Crippen LogP contribution in [0.5, 0.6) is 0 Å². The third-order valence-electron chi connectivity index (χ3n) is 4.25. The van der Waals surface area contributed by atoms with Crippen LogP contribution in [-0.2, 0) is 29.8 Å². The van der Waals surface area contributed by atoms with Crippen LogP contribution in [0, 0.1) is 12.8 Å². The highest BCUT2D eigenvalue weighted by atomic mass is 32.2. The standard InChI is InChI=1S/C16H19N3O8S2/c1-4-19-15(20)11(8-28(22,23)24)10(3)14(16(19)21)18-17-12-7-9(2)5-6-13(12)29(25,26)27/h5-7,11H,4,8H2,1-3H3,(H,22,23,24)(H,25,26,27). The van der Waals surface area contributed by atoms with Gasteiger partial charge >= 0.3 is 0 Å². The molecular weight excluding hydrogens is 426 g/mol. The summed E-state index contributed by atoms with van der Waals surface area (Å²) in [6.07, 6.45) is 0. The van der Waals surface area contributed by atoms with Crippen molar-refractivity contribution in [3.63, 3.8) is 0 Å². The molecule has 11 nitrogen and oxygen atoms in total. The summed E-state index contributed by atoms with van der Waals surface area (Å²) in [5.41, 5.74) is -0.0384. The highest BCUT2D eigenvalue weighted by Gasteiger charge is 2.40. The Bertz CT molecular complexity index is 1140. The lowest BCUT2D eigenvalue weighted by Gasteiger charge is -2.30. The Labute approximate surface area is 167 Å². The number of hydrogen-bond acceptors (Lipinski definition) is 8. The maximum atomic E-state index is 12.6. The fraction of sp³-hybridized carbons (Fsp3) is 0.375. The van der Waals surface area contributed by atoms with E-state index < -0.39 is 48.6 Å². The zero-order valence-electron chi connectivity index (χ0n) is 15.7. The lowest BCUT2D eigenvalue weighted by Crippen LogP contribution is -2.47. The molecule has 2 N–H and O–H groups in total. The fourth-order valence-electron chi connectivity index (χ4n) is 2.79. The van der Waals surface area contributed by atoms with Gasteiger partial charge in [0.2, 0.25) is 5.91 Å². The molecule has 0 saturated carbocycles. The van der Waals surface area contributed by atoms with E-state index in [9.17, 15) is 31.0 Å². The molecule has 0 fully saturated rings. The van der Waals surface area contributed by atoms with Crippen molar-refractivity contribution in [1.29, 1.82) is 0 Å². The molecule has 13 heteroatoms. The number of likely N-dealkylation sites (N-methyl/N-ethyl adjacent to an activating group) is 1. The Morgan fingerprint density at radius 1 is 1.07 bits per heavy atom. The number of benzene rings is 1. The second kappa shape index (κ2) is 8.10. The molecule has 1 heterocycles. The number of nitrogens with zero attached hydrogens (tertiary/aromatic N) is 3. The molecule has 2 amide bonds. The number of amides is 2. The van der Waals surface area contributed by atoms with Gasteiger partial charge in [-0.25, -0.2) is 0 Å². The monoisotopic (exact) mass is 445 g/mol. The van der Waals surface area contributed by atoms with Crippen molar-refractivity contribution >= 4 is 37.7 Å². The van der Waals surface area contributed by atoms with Crippen LogP contribution < -0.4 is 0 Å². The molecule has 29 heavy (non-hydrogen) atoms. The molecule has 1 aliphatic rings. The predicted molar refractivity (Wildman–Crippen MR) is 101 cm³/mol. The van der Waals surface area contributed by atoms with Crippen molar-refractivity contribution < 1.29 is 35.5 Å². The molecule has 1 unspecified atom stereocenters. The molecule has 1 aliphatic heterocycles. The minimum Gasteiger partial charge on any atom is -0.286 e. The van der Waals surface area contributed by atoms with Crippen molar-refractivity contribution in [3.05, 3.63) is 35.0 Å². The fourth-order valence-corrected chi connectivity index (χ4v) is 4.21. The van der Waals surface area contributed by atoms with E-state index in [0.29, 0.717) is 5.56 Å². The maximum Gasteiger partial charge on any atom is 0.296 e. The van der Waals surface area contributed by atoms with E-state index in [4.69, 9.17) is 4.55 Å². The third kappa shape index (κ3) is 5.12. The summed E-state index contributed by atoms with van der Waals surface area (Å²) in [7, 11) is -9.16. The maximum absolute atomic E-state index is 12.6. The van der Waals surface area contributed by atoms with Crippen molar-refractivity contribution in [2.75, 3.05) is 12.3 Å². The highest BCUT2D eigenvalue weighted by molar-refractivity contribution is 7.86. The van der Waals surface area contributed by atoms with Crippen LogP contribution in [0.25, 0.3) is 0 Å². The Morgan fingerprint density at radius 2 is 1.69 bits per heavy atom. The van der Waals surface area contributed by atoms with Gasteiger partial charge in [0, 0.05) is 6.54 Å². The van der Waals surface area contributed by atoms with Crippen molar-refractivity contribution in [2.24, 2.45) is 16.1 Å². The molecule has 0 bridgehead atoms. The summed E-state index contributed by atoms with van der Waals surface area (Å²) in [6.45, 7) is 4.36. The summed E-state index contributed by atoms with van der Waals surface area (Å²) >= 11 is 0. The molecule has 1 aromatic carbocycles. The minimum atomic E-state index is -4.62. The Hall–Kier alpha value is -2.48. The quantitative estimate of drug-likeness (QED) is 0.377. The minimum absolute atomic E-state index is 0.0351. The second-order valence-corrected chi connectivity index (χ2v) is 9.25. The van der Waals surface area contributed by atoms with E-state index in [2.05, 4.69) is 10.2 Å². The first-order chi connectivity index (χ1) is 13.3. The molecule has 1 atom stereocenters. The number of azo groups is 1. The van der Waals surface area contributed by atoms with Gasteiger partial charge in [-0.3, -0.25) is 23.6 Å². The summed E-state index contributed by atoms with van der Waals surface area (Å²) in [5.74, 6) is -3.94. The van der Waals surface area contributed by atoms with E-state index in [0.717, 1.165) is 11.0 Å². The average molecular weight is 445 g/mol. The van der Waals surface area contributed by atoms with Gasteiger partial charge in [0.15, 0.2) is 5.70 Å². The Kier molecular flexibility index (Phi) is 6.37. The number of aryl methyl sites for hydroxylation is 1. The number of hydrogen-bond donors (Lipinski definition) is 2. The number of imide groups is 1. The molecular formula is C16H19N3O8S2. The molecule has 0 spiro atoms. The lowest BCUT2D eigenvalue weighted by molar-refractivity contribution is -0.145. The van der Waals surface area contributed by atoms with Crippen LogP contribution in [0.15, 0.2) is 44.6 Å². The van der Waals surface area contributed by atoms with Gasteiger partial charge in [0.05, 0.1) is 11.7 Å². The molecule has 0 saturated heterocycles. The number of rotatable bonds is 6. The predicted octanol–water partition coefficient (Wildman–Crippen LogP) is 1.49. The van der Waals surface area contributed by atoms with E-state index >= 15 is 0 Å². The summed E-state index contributed by atoms with van der Waals surface area (Å²) in [4.78, 5) is 25.2. The van der Waals surface area contributed by atoms with E-state index in [1.54, 1.807) is 6.92 Å². The van der Waals surface area contributed by atoms with Crippen molar-refractivity contribution in [1.82, 2.24) is 4.90 Å². The van der Waals surface area contributed by atoms with Crippen molar-refractivity contribution in [3.8, 4) is 0 Å². The average Bonchev–Trinajstić information content (AvgIpc) is 2.57. The van der Waals surface area contributed by atoms with Gasteiger partial charge in [-0.15, -0.1) is 10.2 Å². The van der Waals surface area contributed by atoms with Gasteiger partial charge in [-0.1, -0.05) is 6.07 Å². The zero-order valence-corrected chi connectivity index (χ0v) is 17.4. The smallest absolute Gasteiger partial charge is 0.286 e. The summed E-state index contributed by atoms with van der Waals surface area (Å²) in [5, 5.41) is 7.49. The first-order valence-corrected chi connectivity index (χ1v) is 11.3. The summed E-state index contributed by atoms with van der Waals surface area (Å²) < 4.78 is 64.1. The lowest BCUT2D eigenvalue weighted by atomic mass is 9.94. The molecule has 1 aromatic rings. The van der Waals surface area contributed by atoms with Crippen LogP contribution in [0.2, 0.25) is 0 Å². The third-order valence-corrected chi connectivity index (χ3v) is 5.91.